The van der Waals surface area contributed by atoms with Gasteiger partial charge >= 0.3 is 0 Å². The van der Waals surface area contributed by atoms with Gasteiger partial charge in [-0.15, -0.1) is 0 Å². The van der Waals surface area contributed by atoms with Crippen molar-refractivity contribution in [3.05, 3.63) is 41.8 Å². The van der Waals surface area contributed by atoms with Gasteiger partial charge < -0.3 is 14.7 Å². The zero-order chi connectivity index (χ0) is 15.3. The molecule has 0 bridgehead atoms. The van der Waals surface area contributed by atoms with Gasteiger partial charge in [0.05, 0.1) is 30.8 Å². The molecular weight excluding hydrogens is 294 g/mol. The third kappa shape index (κ3) is 3.90. The number of amides is 1. The standard InChI is InChI=1S/C14H17NO5S/c16-10-12-11-20-8-7-15(12)14(17)6-9-21(18,19)13-4-2-1-3-5-13/h1-6,9,12,16H,7-8,10-11H2/b9-6+. The number of sulfone groups is 1. The smallest absolute Gasteiger partial charge is 0.247 e. The molecule has 1 N–H and O–H groups in total. The summed E-state index contributed by atoms with van der Waals surface area (Å²) in [6.45, 7) is 0.744. The van der Waals surface area contributed by atoms with Crippen LogP contribution >= 0.6 is 0 Å². The number of carbonyl (C=O) groups is 1. The lowest BCUT2D eigenvalue weighted by molar-refractivity contribution is -0.136. The minimum atomic E-state index is -3.64. The van der Waals surface area contributed by atoms with E-state index in [1.165, 1.54) is 17.0 Å². The van der Waals surface area contributed by atoms with Crippen LogP contribution < -0.4 is 0 Å². The van der Waals surface area contributed by atoms with E-state index in [-0.39, 0.29) is 18.1 Å². The molecule has 1 amide bonds. The summed E-state index contributed by atoms with van der Waals surface area (Å²) in [5.41, 5.74) is 0. The van der Waals surface area contributed by atoms with Crippen molar-refractivity contribution in [2.75, 3.05) is 26.4 Å². The van der Waals surface area contributed by atoms with Gasteiger partial charge in [-0.2, -0.15) is 0 Å². The molecule has 0 saturated carbocycles. The summed E-state index contributed by atoms with van der Waals surface area (Å²) < 4.78 is 29.2. The summed E-state index contributed by atoms with van der Waals surface area (Å²) in [5, 5.41) is 10.1. The highest BCUT2D eigenvalue weighted by Crippen LogP contribution is 2.12. The first-order valence-electron chi connectivity index (χ1n) is 6.52. The molecular formula is C14H17NO5S. The fourth-order valence-electron chi connectivity index (χ4n) is 2.03. The molecule has 1 heterocycles. The van der Waals surface area contributed by atoms with Crippen molar-refractivity contribution < 1.29 is 23.1 Å². The van der Waals surface area contributed by atoms with Crippen LogP contribution in [0.1, 0.15) is 0 Å². The fraction of sp³-hybridized carbons (Fsp3) is 0.357. The predicted octanol–water partition coefficient (Wildman–Crippen LogP) is 0.194. The Hall–Kier alpha value is -1.70. The second kappa shape index (κ2) is 6.84. The van der Waals surface area contributed by atoms with E-state index in [0.29, 0.717) is 13.2 Å². The lowest BCUT2D eigenvalue weighted by atomic mass is 10.2. The Morgan fingerprint density at radius 2 is 2.10 bits per heavy atom. The largest absolute Gasteiger partial charge is 0.394 e. The maximum atomic E-state index is 12.1. The van der Waals surface area contributed by atoms with Gasteiger partial charge in [0.2, 0.25) is 5.91 Å². The maximum Gasteiger partial charge on any atom is 0.247 e. The molecule has 6 nitrogen and oxygen atoms in total. The molecule has 1 aromatic rings. The van der Waals surface area contributed by atoms with Gasteiger partial charge in [0.15, 0.2) is 9.84 Å². The molecule has 114 valence electrons. The van der Waals surface area contributed by atoms with E-state index in [0.717, 1.165) is 11.5 Å². The number of nitrogens with zero attached hydrogens (tertiary/aromatic N) is 1. The monoisotopic (exact) mass is 311 g/mol. The molecule has 0 radical (unpaired) electrons. The molecule has 1 atom stereocenters. The molecule has 0 spiro atoms. The van der Waals surface area contributed by atoms with Gasteiger partial charge in [-0.25, -0.2) is 8.42 Å². The molecule has 2 rings (SSSR count). The molecule has 1 aliphatic heterocycles. The second-order valence-electron chi connectivity index (χ2n) is 4.60. The van der Waals surface area contributed by atoms with Crippen molar-refractivity contribution in [1.82, 2.24) is 4.90 Å². The van der Waals surface area contributed by atoms with Crippen molar-refractivity contribution in [2.24, 2.45) is 0 Å². The van der Waals surface area contributed by atoms with Crippen molar-refractivity contribution in [1.29, 1.82) is 0 Å². The van der Waals surface area contributed by atoms with Gasteiger partial charge in [0.25, 0.3) is 0 Å². The van der Waals surface area contributed by atoms with Crippen LogP contribution in [0.2, 0.25) is 0 Å². The Kier molecular flexibility index (Phi) is 5.11. The minimum Gasteiger partial charge on any atom is -0.394 e. The Bertz CT molecular complexity index is 612. The Labute approximate surface area is 123 Å². The first-order chi connectivity index (χ1) is 10.0. The van der Waals surface area contributed by atoms with Gasteiger partial charge in [-0.3, -0.25) is 4.79 Å². The highest BCUT2D eigenvalue weighted by molar-refractivity contribution is 7.94. The van der Waals surface area contributed by atoms with E-state index in [9.17, 15) is 18.3 Å². The van der Waals surface area contributed by atoms with Crippen LogP contribution in [0, 0.1) is 0 Å². The zero-order valence-electron chi connectivity index (χ0n) is 11.4. The van der Waals surface area contributed by atoms with Crippen LogP contribution in [0.5, 0.6) is 0 Å². The average Bonchev–Trinajstić information content (AvgIpc) is 2.53. The van der Waals surface area contributed by atoms with E-state index in [1.807, 2.05) is 0 Å². The quantitative estimate of drug-likeness (QED) is 0.803. The third-order valence-corrected chi connectivity index (χ3v) is 4.61. The second-order valence-corrected chi connectivity index (χ2v) is 6.44. The first-order valence-corrected chi connectivity index (χ1v) is 8.06. The minimum absolute atomic E-state index is 0.134. The van der Waals surface area contributed by atoms with Gasteiger partial charge in [0.1, 0.15) is 0 Å². The Morgan fingerprint density at radius 1 is 1.38 bits per heavy atom. The Balaban J connectivity index is 2.11. The summed E-state index contributed by atoms with van der Waals surface area (Å²) in [5.74, 6) is -0.447. The van der Waals surface area contributed by atoms with Gasteiger partial charge in [-0.1, -0.05) is 18.2 Å². The number of aliphatic hydroxyl groups is 1. The van der Waals surface area contributed by atoms with E-state index >= 15 is 0 Å². The highest BCUT2D eigenvalue weighted by atomic mass is 32.2. The van der Waals surface area contributed by atoms with Crippen molar-refractivity contribution in [3.63, 3.8) is 0 Å². The number of carbonyl (C=O) groups excluding carboxylic acids is 1. The summed E-state index contributed by atoms with van der Waals surface area (Å²) in [4.78, 5) is 13.6. The molecule has 1 aromatic carbocycles. The molecule has 1 saturated heterocycles. The molecule has 0 aromatic heterocycles. The molecule has 21 heavy (non-hydrogen) atoms. The zero-order valence-corrected chi connectivity index (χ0v) is 12.2. The number of ether oxygens (including phenoxy) is 1. The van der Waals surface area contributed by atoms with E-state index in [4.69, 9.17) is 4.74 Å². The lowest BCUT2D eigenvalue weighted by Gasteiger charge is -2.33. The SMILES string of the molecule is O=C(/C=C/S(=O)(=O)c1ccccc1)N1CCOCC1CO. The fourth-order valence-corrected chi connectivity index (χ4v) is 3.02. The van der Waals surface area contributed by atoms with E-state index in [1.54, 1.807) is 18.2 Å². The molecule has 0 aliphatic carbocycles. The van der Waals surface area contributed by atoms with Crippen molar-refractivity contribution in [3.8, 4) is 0 Å². The van der Waals surface area contributed by atoms with Gasteiger partial charge in [0, 0.05) is 18.0 Å². The number of benzene rings is 1. The molecule has 1 aliphatic rings. The average molecular weight is 311 g/mol. The van der Waals surface area contributed by atoms with Crippen LogP contribution in [0.25, 0.3) is 0 Å². The van der Waals surface area contributed by atoms with Crippen LogP contribution in [0.4, 0.5) is 0 Å². The molecule has 1 unspecified atom stereocenters. The van der Waals surface area contributed by atoms with Crippen LogP contribution in [0.15, 0.2) is 46.7 Å². The Morgan fingerprint density at radius 3 is 2.76 bits per heavy atom. The summed E-state index contributed by atoms with van der Waals surface area (Å²) >= 11 is 0. The predicted molar refractivity (Wildman–Crippen MR) is 76.2 cm³/mol. The van der Waals surface area contributed by atoms with Crippen molar-refractivity contribution >= 4 is 15.7 Å². The number of rotatable bonds is 4. The number of aliphatic hydroxyl groups excluding tert-OH is 1. The van der Waals surface area contributed by atoms with Crippen LogP contribution in [0.3, 0.4) is 0 Å². The normalized spacial score (nSPS) is 19.9. The van der Waals surface area contributed by atoms with Crippen LogP contribution in [-0.2, 0) is 19.4 Å². The summed E-state index contributed by atoms with van der Waals surface area (Å²) in [6.07, 6.45) is 1.02. The number of hydrogen-bond donors (Lipinski definition) is 1. The van der Waals surface area contributed by atoms with E-state index < -0.39 is 21.8 Å². The summed E-state index contributed by atoms with van der Waals surface area (Å²) in [7, 11) is -3.64. The van der Waals surface area contributed by atoms with Gasteiger partial charge in [-0.05, 0) is 12.1 Å². The van der Waals surface area contributed by atoms with Crippen LogP contribution in [-0.4, -0.2) is 56.7 Å². The number of morpholine rings is 1. The highest BCUT2D eigenvalue weighted by Gasteiger charge is 2.25. The van der Waals surface area contributed by atoms with E-state index in [2.05, 4.69) is 0 Å². The third-order valence-electron chi connectivity index (χ3n) is 3.18. The topological polar surface area (TPSA) is 83.9 Å². The molecule has 7 heteroatoms. The summed E-state index contributed by atoms with van der Waals surface area (Å²) in [6, 6.07) is 7.45. The van der Waals surface area contributed by atoms with Crippen molar-refractivity contribution in [2.45, 2.75) is 10.9 Å². The first kappa shape index (κ1) is 15.7. The lowest BCUT2D eigenvalue weighted by Crippen LogP contribution is -2.49. The number of hydrogen-bond acceptors (Lipinski definition) is 5. The maximum absolute atomic E-state index is 12.1. The molecule has 1 fully saturated rings.